The highest BCUT2D eigenvalue weighted by Gasteiger charge is 2.27. The summed E-state index contributed by atoms with van der Waals surface area (Å²) in [6.07, 6.45) is 2.32. The second-order valence-electron chi connectivity index (χ2n) is 13.5. The quantitative estimate of drug-likeness (QED) is 0.162. The fourth-order valence-corrected chi connectivity index (χ4v) is 7.37. The molecule has 54 heavy (non-hydrogen) atoms. The SMILES string of the molecule is CCn1c(=O)cc(C2CC2)c2cc(-c3nc(C)nn3-c3ccccc3)ccc21.CCn1c(=O)cc(Cl)c2cc(-c3nc(C)nn3-c3ccccc3)ccc21. The van der Waals surface area contributed by atoms with Crippen molar-refractivity contribution in [1.29, 1.82) is 0 Å². The van der Waals surface area contributed by atoms with Gasteiger partial charge in [0.1, 0.15) is 11.6 Å². The molecule has 1 aliphatic rings. The first kappa shape index (κ1) is 34.9. The summed E-state index contributed by atoms with van der Waals surface area (Å²) in [5, 5.41) is 11.6. The largest absolute Gasteiger partial charge is 0.309 e. The van der Waals surface area contributed by atoms with Crippen molar-refractivity contribution in [3.05, 3.63) is 152 Å². The zero-order chi connectivity index (χ0) is 37.5. The molecule has 8 aromatic rings. The van der Waals surface area contributed by atoms with Gasteiger partial charge >= 0.3 is 0 Å². The van der Waals surface area contributed by atoms with Crippen molar-refractivity contribution in [2.45, 2.75) is 59.5 Å². The van der Waals surface area contributed by atoms with E-state index in [-0.39, 0.29) is 11.1 Å². The fraction of sp³-hybridized carbons (Fsp3) is 0.209. The van der Waals surface area contributed by atoms with Crippen LogP contribution >= 0.6 is 11.6 Å². The van der Waals surface area contributed by atoms with Gasteiger partial charge in [-0.3, -0.25) is 9.59 Å². The van der Waals surface area contributed by atoms with Crippen LogP contribution in [0.15, 0.2) is 119 Å². The van der Waals surface area contributed by atoms with Gasteiger partial charge in [0.15, 0.2) is 11.6 Å². The lowest BCUT2D eigenvalue weighted by molar-refractivity contribution is 0.757. The van der Waals surface area contributed by atoms with Crippen LogP contribution in [0.1, 0.15) is 49.8 Å². The van der Waals surface area contributed by atoms with Gasteiger partial charge in [-0.2, -0.15) is 10.2 Å². The van der Waals surface area contributed by atoms with Gasteiger partial charge in [0.25, 0.3) is 11.1 Å². The molecule has 0 bridgehead atoms. The van der Waals surface area contributed by atoms with Crippen LogP contribution in [0.3, 0.4) is 0 Å². The van der Waals surface area contributed by atoms with E-state index in [1.807, 2.05) is 133 Å². The van der Waals surface area contributed by atoms with Gasteiger partial charge in [-0.05, 0) is 113 Å². The molecule has 0 radical (unpaired) electrons. The van der Waals surface area contributed by atoms with Crippen LogP contribution in [0.4, 0.5) is 0 Å². The van der Waals surface area contributed by atoms with Crippen molar-refractivity contribution in [1.82, 2.24) is 38.7 Å². The summed E-state index contributed by atoms with van der Waals surface area (Å²) in [5.41, 5.74) is 6.82. The summed E-state index contributed by atoms with van der Waals surface area (Å²) in [6, 6.07) is 35.3. The molecule has 0 amide bonds. The average Bonchev–Trinajstić information content (AvgIpc) is 3.85. The Morgan fingerprint density at radius 3 is 1.56 bits per heavy atom. The summed E-state index contributed by atoms with van der Waals surface area (Å²) < 4.78 is 7.26. The van der Waals surface area contributed by atoms with E-state index in [1.165, 1.54) is 11.6 Å². The third-order valence-electron chi connectivity index (χ3n) is 9.80. The summed E-state index contributed by atoms with van der Waals surface area (Å²) in [4.78, 5) is 34.0. The number of nitrogens with zero attached hydrogens (tertiary/aromatic N) is 8. The Morgan fingerprint density at radius 2 is 1.07 bits per heavy atom. The van der Waals surface area contributed by atoms with Crippen LogP contribution in [0.25, 0.3) is 56.0 Å². The second-order valence-corrected chi connectivity index (χ2v) is 13.9. The van der Waals surface area contributed by atoms with Crippen molar-refractivity contribution in [2.24, 2.45) is 0 Å². The van der Waals surface area contributed by atoms with Crippen molar-refractivity contribution >= 4 is 33.4 Å². The van der Waals surface area contributed by atoms with E-state index in [2.05, 4.69) is 27.3 Å². The zero-order valence-electron chi connectivity index (χ0n) is 30.6. The minimum Gasteiger partial charge on any atom is -0.309 e. The van der Waals surface area contributed by atoms with E-state index < -0.39 is 0 Å². The summed E-state index contributed by atoms with van der Waals surface area (Å²) in [5.74, 6) is 3.49. The lowest BCUT2D eigenvalue weighted by Gasteiger charge is -2.13. The van der Waals surface area contributed by atoms with E-state index >= 15 is 0 Å². The number of hydrogen-bond acceptors (Lipinski definition) is 6. The standard InChI is InChI=1S/C23H22N4O.C20H17ClN4O/c1-3-26-21-12-11-17(13-20(21)19(14-22(26)28)16-9-10-16)23-24-15(2)25-27(23)18-7-5-4-6-8-18;1-3-24-18-10-9-14(11-16(18)17(21)12-19(24)26)20-22-13(2)23-25(20)15-7-5-4-6-8-15/h4-8,11-14,16H,3,9-10H2,1-2H3;4-12H,3H2,1-2H3. The Hall–Kier alpha value is -6.13. The Balaban J connectivity index is 0.000000154. The van der Waals surface area contributed by atoms with Crippen molar-refractivity contribution in [3.8, 4) is 34.2 Å². The molecule has 270 valence electrons. The maximum Gasteiger partial charge on any atom is 0.252 e. The summed E-state index contributed by atoms with van der Waals surface area (Å²) in [7, 11) is 0. The molecule has 4 aromatic carbocycles. The molecule has 10 nitrogen and oxygen atoms in total. The van der Waals surface area contributed by atoms with Gasteiger partial charge in [0.2, 0.25) is 0 Å². The molecule has 4 aromatic heterocycles. The number of rotatable bonds is 7. The van der Waals surface area contributed by atoms with E-state index in [1.54, 1.807) is 4.57 Å². The van der Waals surface area contributed by atoms with Crippen LogP contribution in [0.2, 0.25) is 5.02 Å². The number of benzene rings is 4. The summed E-state index contributed by atoms with van der Waals surface area (Å²) in [6.45, 7) is 8.99. The Kier molecular flexibility index (Phi) is 9.29. The zero-order valence-corrected chi connectivity index (χ0v) is 31.3. The molecule has 1 saturated carbocycles. The van der Waals surface area contributed by atoms with Crippen molar-refractivity contribution in [2.75, 3.05) is 0 Å². The molecule has 0 aliphatic heterocycles. The Morgan fingerprint density at radius 1 is 0.611 bits per heavy atom. The number of fused-ring (bicyclic) bond motifs is 2. The maximum atomic E-state index is 12.6. The number of para-hydroxylation sites is 2. The van der Waals surface area contributed by atoms with E-state index in [4.69, 9.17) is 16.6 Å². The fourth-order valence-electron chi connectivity index (χ4n) is 7.12. The smallest absolute Gasteiger partial charge is 0.252 e. The third kappa shape index (κ3) is 6.54. The van der Waals surface area contributed by atoms with Crippen molar-refractivity contribution < 1.29 is 0 Å². The lowest BCUT2D eigenvalue weighted by Crippen LogP contribution is -2.19. The Bertz CT molecular complexity index is 2780. The first-order valence-electron chi connectivity index (χ1n) is 18.2. The first-order valence-corrected chi connectivity index (χ1v) is 18.6. The molecule has 0 spiro atoms. The first-order chi connectivity index (χ1) is 26.2. The van der Waals surface area contributed by atoms with Crippen LogP contribution in [-0.4, -0.2) is 38.7 Å². The van der Waals surface area contributed by atoms with Gasteiger partial charge in [0, 0.05) is 47.1 Å². The highest BCUT2D eigenvalue weighted by Crippen LogP contribution is 2.43. The monoisotopic (exact) mass is 734 g/mol. The van der Waals surface area contributed by atoms with Gasteiger partial charge in [0.05, 0.1) is 27.4 Å². The van der Waals surface area contributed by atoms with Gasteiger partial charge < -0.3 is 9.13 Å². The molecular formula is C43H39ClN8O2. The Labute approximate surface area is 317 Å². The minimum absolute atomic E-state index is 0.0907. The number of hydrogen-bond donors (Lipinski definition) is 0. The van der Waals surface area contributed by atoms with Crippen LogP contribution in [0, 0.1) is 13.8 Å². The van der Waals surface area contributed by atoms with Gasteiger partial charge in [-0.1, -0.05) is 48.0 Å². The summed E-state index contributed by atoms with van der Waals surface area (Å²) >= 11 is 6.36. The molecule has 4 heterocycles. The van der Waals surface area contributed by atoms with Gasteiger partial charge in [-0.25, -0.2) is 19.3 Å². The molecule has 9 rings (SSSR count). The van der Waals surface area contributed by atoms with Crippen LogP contribution in [-0.2, 0) is 13.1 Å². The number of aromatic nitrogens is 8. The van der Waals surface area contributed by atoms with E-state index in [9.17, 15) is 9.59 Å². The second kappa shape index (κ2) is 14.4. The molecule has 0 N–H and O–H groups in total. The van der Waals surface area contributed by atoms with Crippen molar-refractivity contribution in [3.63, 3.8) is 0 Å². The van der Waals surface area contributed by atoms with Crippen LogP contribution in [0.5, 0.6) is 0 Å². The number of halogens is 1. The average molecular weight is 735 g/mol. The van der Waals surface area contributed by atoms with Crippen LogP contribution < -0.4 is 11.1 Å². The minimum atomic E-state index is -0.0963. The molecule has 1 aliphatic carbocycles. The van der Waals surface area contributed by atoms with Gasteiger partial charge in [-0.15, -0.1) is 0 Å². The number of pyridine rings is 2. The molecule has 11 heteroatoms. The highest BCUT2D eigenvalue weighted by molar-refractivity contribution is 6.35. The molecule has 0 saturated heterocycles. The highest BCUT2D eigenvalue weighted by atomic mass is 35.5. The predicted molar refractivity (Wildman–Crippen MR) is 215 cm³/mol. The molecule has 0 unspecified atom stereocenters. The van der Waals surface area contributed by atoms with E-state index in [0.29, 0.717) is 29.9 Å². The third-order valence-corrected chi connectivity index (χ3v) is 10.1. The predicted octanol–water partition coefficient (Wildman–Crippen LogP) is 8.69. The lowest BCUT2D eigenvalue weighted by atomic mass is 10.0. The molecule has 1 fully saturated rings. The maximum absolute atomic E-state index is 12.6. The molecular weight excluding hydrogens is 696 g/mol. The normalized spacial score (nSPS) is 12.6. The topological polar surface area (TPSA) is 105 Å². The number of aryl methyl sites for hydroxylation is 4. The van der Waals surface area contributed by atoms with E-state index in [0.717, 1.165) is 74.6 Å². The molecule has 0 atom stereocenters.